The predicted octanol–water partition coefficient (Wildman–Crippen LogP) is 4.05. The number of aliphatic hydroxyl groups is 2. The Morgan fingerprint density at radius 2 is 0.857 bits per heavy atom. The SMILES string of the molecule is OCCCN(CCCO)C(c1ccccc1)(c1ccccc1)c1ccccc1. The molecule has 3 rings (SSSR count). The van der Waals surface area contributed by atoms with Crippen LogP contribution in [0, 0.1) is 0 Å². The molecule has 3 aromatic carbocycles. The van der Waals surface area contributed by atoms with Crippen LogP contribution in [0.15, 0.2) is 91.0 Å². The minimum absolute atomic E-state index is 0.143. The molecule has 2 N–H and O–H groups in total. The number of hydrogen-bond acceptors (Lipinski definition) is 3. The summed E-state index contributed by atoms with van der Waals surface area (Å²) in [5.41, 5.74) is 3.06. The molecule has 0 amide bonds. The van der Waals surface area contributed by atoms with E-state index in [1.54, 1.807) is 0 Å². The van der Waals surface area contributed by atoms with Crippen molar-refractivity contribution in [2.45, 2.75) is 18.4 Å². The molecule has 0 atom stereocenters. The van der Waals surface area contributed by atoms with E-state index in [9.17, 15) is 10.2 Å². The lowest BCUT2D eigenvalue weighted by molar-refractivity contribution is 0.128. The molecule has 3 aromatic rings. The van der Waals surface area contributed by atoms with Gasteiger partial charge >= 0.3 is 0 Å². The maximum atomic E-state index is 9.54. The van der Waals surface area contributed by atoms with Crippen LogP contribution in [0.1, 0.15) is 29.5 Å². The van der Waals surface area contributed by atoms with E-state index in [0.29, 0.717) is 12.8 Å². The van der Waals surface area contributed by atoms with Gasteiger partial charge < -0.3 is 10.2 Å². The van der Waals surface area contributed by atoms with Gasteiger partial charge in [-0.05, 0) is 29.5 Å². The third kappa shape index (κ3) is 4.17. The second-order valence-corrected chi connectivity index (χ2v) is 6.95. The van der Waals surface area contributed by atoms with Crippen molar-refractivity contribution < 1.29 is 10.2 Å². The lowest BCUT2D eigenvalue weighted by Gasteiger charge is -2.46. The normalized spacial score (nSPS) is 11.7. The topological polar surface area (TPSA) is 43.7 Å². The zero-order valence-electron chi connectivity index (χ0n) is 16.2. The van der Waals surface area contributed by atoms with E-state index < -0.39 is 5.54 Å². The Kier molecular flexibility index (Phi) is 7.38. The molecule has 0 heterocycles. The molecule has 0 aliphatic carbocycles. The molecule has 0 bridgehead atoms. The number of aliphatic hydroxyl groups excluding tert-OH is 2. The molecule has 0 radical (unpaired) electrons. The summed E-state index contributed by atoms with van der Waals surface area (Å²) in [5.74, 6) is 0. The van der Waals surface area contributed by atoms with E-state index in [0.717, 1.165) is 13.1 Å². The van der Waals surface area contributed by atoms with Gasteiger partial charge in [-0.25, -0.2) is 0 Å². The lowest BCUT2D eigenvalue weighted by Crippen LogP contribution is -2.49. The monoisotopic (exact) mass is 375 g/mol. The summed E-state index contributed by atoms with van der Waals surface area (Å²) < 4.78 is 0. The van der Waals surface area contributed by atoms with Gasteiger partial charge in [0.15, 0.2) is 0 Å². The van der Waals surface area contributed by atoms with Gasteiger partial charge in [-0.2, -0.15) is 0 Å². The van der Waals surface area contributed by atoms with E-state index in [1.807, 2.05) is 18.2 Å². The Morgan fingerprint density at radius 3 is 1.14 bits per heavy atom. The average Bonchev–Trinajstić information content (AvgIpc) is 2.78. The third-order valence-corrected chi connectivity index (χ3v) is 5.22. The van der Waals surface area contributed by atoms with Gasteiger partial charge in [-0.1, -0.05) is 91.0 Å². The van der Waals surface area contributed by atoms with Crippen molar-refractivity contribution >= 4 is 0 Å². The van der Waals surface area contributed by atoms with E-state index in [2.05, 4.69) is 77.7 Å². The van der Waals surface area contributed by atoms with Crippen LogP contribution in [0.2, 0.25) is 0 Å². The van der Waals surface area contributed by atoms with Crippen LogP contribution in [-0.4, -0.2) is 41.4 Å². The zero-order chi connectivity index (χ0) is 19.7. The van der Waals surface area contributed by atoms with Crippen LogP contribution >= 0.6 is 0 Å². The molecule has 0 aliphatic rings. The Hall–Kier alpha value is -2.46. The van der Waals surface area contributed by atoms with Crippen LogP contribution in [0.5, 0.6) is 0 Å². The number of rotatable bonds is 10. The molecule has 3 heteroatoms. The largest absolute Gasteiger partial charge is 0.396 e. The minimum Gasteiger partial charge on any atom is -0.396 e. The van der Waals surface area contributed by atoms with Gasteiger partial charge in [-0.3, -0.25) is 4.90 Å². The first kappa shape index (κ1) is 20.3. The Labute approximate surface area is 167 Å². The highest BCUT2D eigenvalue weighted by molar-refractivity contribution is 5.49. The van der Waals surface area contributed by atoms with Crippen LogP contribution in [0.4, 0.5) is 0 Å². The van der Waals surface area contributed by atoms with Crippen molar-refractivity contribution in [1.29, 1.82) is 0 Å². The molecular formula is C25H29NO2. The molecule has 0 aliphatic heterocycles. The molecule has 146 valence electrons. The van der Waals surface area contributed by atoms with Gasteiger partial charge in [0.25, 0.3) is 0 Å². The minimum atomic E-state index is -0.492. The summed E-state index contributed by atoms with van der Waals surface area (Å²) in [7, 11) is 0. The van der Waals surface area contributed by atoms with E-state index in [1.165, 1.54) is 16.7 Å². The molecule has 0 spiro atoms. The van der Waals surface area contributed by atoms with Crippen LogP contribution in [0.25, 0.3) is 0 Å². The number of nitrogens with zero attached hydrogens (tertiary/aromatic N) is 1. The van der Waals surface area contributed by atoms with Crippen LogP contribution < -0.4 is 0 Å². The second-order valence-electron chi connectivity index (χ2n) is 6.95. The van der Waals surface area contributed by atoms with Gasteiger partial charge in [0.1, 0.15) is 0 Å². The zero-order valence-corrected chi connectivity index (χ0v) is 16.2. The molecule has 0 saturated heterocycles. The average molecular weight is 376 g/mol. The first-order valence-electron chi connectivity index (χ1n) is 9.97. The summed E-state index contributed by atoms with van der Waals surface area (Å²) in [4.78, 5) is 2.40. The summed E-state index contributed by atoms with van der Waals surface area (Å²) in [6.07, 6.45) is 1.36. The fraction of sp³-hybridized carbons (Fsp3) is 0.280. The van der Waals surface area contributed by atoms with Gasteiger partial charge in [-0.15, -0.1) is 0 Å². The van der Waals surface area contributed by atoms with Gasteiger partial charge in [0.05, 0.1) is 5.54 Å². The maximum Gasteiger partial charge on any atom is 0.0972 e. The summed E-state index contributed by atoms with van der Waals surface area (Å²) in [5, 5.41) is 19.1. The second kappa shape index (κ2) is 10.2. The number of hydrogen-bond donors (Lipinski definition) is 2. The van der Waals surface area contributed by atoms with Gasteiger partial charge in [0.2, 0.25) is 0 Å². The highest BCUT2D eigenvalue weighted by atomic mass is 16.3. The molecule has 0 saturated carbocycles. The molecule has 28 heavy (non-hydrogen) atoms. The molecule has 0 aromatic heterocycles. The highest BCUT2D eigenvalue weighted by Crippen LogP contribution is 2.42. The first-order valence-corrected chi connectivity index (χ1v) is 9.97. The van der Waals surface area contributed by atoms with E-state index in [4.69, 9.17) is 0 Å². The lowest BCUT2D eigenvalue weighted by atomic mass is 9.75. The van der Waals surface area contributed by atoms with Crippen LogP contribution in [-0.2, 0) is 5.54 Å². The fourth-order valence-corrected chi connectivity index (χ4v) is 4.06. The van der Waals surface area contributed by atoms with Crippen molar-refractivity contribution in [2.75, 3.05) is 26.3 Å². The smallest absolute Gasteiger partial charge is 0.0972 e. The van der Waals surface area contributed by atoms with Crippen LogP contribution in [0.3, 0.4) is 0 Å². The van der Waals surface area contributed by atoms with Gasteiger partial charge in [0, 0.05) is 26.3 Å². The number of benzene rings is 3. The summed E-state index contributed by atoms with van der Waals surface area (Å²) in [6, 6.07) is 31.6. The fourth-order valence-electron chi connectivity index (χ4n) is 4.06. The van der Waals surface area contributed by atoms with Crippen molar-refractivity contribution in [3.8, 4) is 0 Å². The maximum absolute atomic E-state index is 9.54. The highest BCUT2D eigenvalue weighted by Gasteiger charge is 2.41. The predicted molar refractivity (Wildman–Crippen MR) is 114 cm³/mol. The standard InChI is InChI=1S/C25H29NO2/c27-20-10-18-26(19-11-21-28)25(22-12-4-1-5-13-22,23-14-6-2-7-15-23)24-16-8-3-9-17-24/h1-9,12-17,27-28H,10-11,18-21H2. The molecule has 0 unspecified atom stereocenters. The third-order valence-electron chi connectivity index (χ3n) is 5.22. The molecule has 3 nitrogen and oxygen atoms in total. The Morgan fingerprint density at radius 1 is 0.536 bits per heavy atom. The quantitative estimate of drug-likeness (QED) is 0.526. The van der Waals surface area contributed by atoms with Crippen molar-refractivity contribution in [2.24, 2.45) is 0 Å². The van der Waals surface area contributed by atoms with Crippen molar-refractivity contribution in [1.82, 2.24) is 4.90 Å². The molecule has 0 fully saturated rings. The first-order chi connectivity index (χ1) is 13.8. The van der Waals surface area contributed by atoms with E-state index in [-0.39, 0.29) is 13.2 Å². The molecular weight excluding hydrogens is 346 g/mol. The Bertz CT molecular complexity index is 701. The Balaban J connectivity index is 2.28. The van der Waals surface area contributed by atoms with E-state index >= 15 is 0 Å². The summed E-state index contributed by atoms with van der Waals surface area (Å²) in [6.45, 7) is 1.75. The summed E-state index contributed by atoms with van der Waals surface area (Å²) >= 11 is 0. The van der Waals surface area contributed by atoms with Crippen molar-refractivity contribution in [3.63, 3.8) is 0 Å². The van der Waals surface area contributed by atoms with Crippen molar-refractivity contribution in [3.05, 3.63) is 108 Å².